The lowest BCUT2D eigenvalue weighted by atomic mass is 10.2. The number of nitrogens with zero attached hydrogens (tertiary/aromatic N) is 1. The van der Waals surface area contributed by atoms with Crippen molar-refractivity contribution in [3.8, 4) is 0 Å². The second-order valence-corrected chi connectivity index (χ2v) is 4.38. The Kier molecular flexibility index (Phi) is 5.26. The number of hydrogen-bond acceptors (Lipinski definition) is 2. The summed E-state index contributed by atoms with van der Waals surface area (Å²) in [5.74, 6) is -0.153. The first-order chi connectivity index (χ1) is 7.65. The molecule has 0 aromatic carbocycles. The molecule has 0 aliphatic carbocycles. The zero-order chi connectivity index (χ0) is 12.0. The number of carbonyl (C=O) groups excluding carboxylic acids is 1. The Morgan fingerprint density at radius 2 is 2.38 bits per heavy atom. The highest BCUT2D eigenvalue weighted by molar-refractivity contribution is 6.20. The molecule has 0 radical (unpaired) electrons. The van der Waals surface area contributed by atoms with Gasteiger partial charge in [0.25, 0.3) is 5.91 Å². The Morgan fingerprint density at radius 1 is 1.62 bits per heavy atom. The Bertz CT molecular complexity index is 355. The van der Waals surface area contributed by atoms with Gasteiger partial charge in [-0.15, -0.1) is 11.6 Å². The molecule has 1 amide bonds. The van der Waals surface area contributed by atoms with Gasteiger partial charge in [0.05, 0.1) is 5.38 Å². The molecule has 0 bridgehead atoms. The molecule has 1 N–H and O–H groups in total. The molecule has 0 aliphatic rings. The lowest BCUT2D eigenvalue weighted by Gasteiger charge is -2.10. The van der Waals surface area contributed by atoms with E-state index in [1.807, 2.05) is 19.1 Å². The molecule has 0 spiro atoms. The van der Waals surface area contributed by atoms with Gasteiger partial charge in [0.15, 0.2) is 0 Å². The molecule has 1 heterocycles. The standard InChI is InChI=1S/C12H17ClN2O/c1-3-5-10(13)8-15-12(16)11-9(2)6-4-7-14-11/h4,6-7,10H,3,5,8H2,1-2H3,(H,15,16). The SMILES string of the molecule is CCCC(Cl)CNC(=O)c1ncccc1C. The van der Waals surface area contributed by atoms with E-state index in [1.165, 1.54) is 0 Å². The zero-order valence-electron chi connectivity index (χ0n) is 9.66. The maximum Gasteiger partial charge on any atom is 0.270 e. The van der Waals surface area contributed by atoms with E-state index < -0.39 is 0 Å². The van der Waals surface area contributed by atoms with Gasteiger partial charge in [-0.05, 0) is 25.0 Å². The van der Waals surface area contributed by atoms with Crippen LogP contribution in [0.2, 0.25) is 0 Å². The van der Waals surface area contributed by atoms with Crippen LogP contribution in [0.5, 0.6) is 0 Å². The van der Waals surface area contributed by atoms with E-state index in [-0.39, 0.29) is 11.3 Å². The molecule has 4 heteroatoms. The third-order valence-corrected chi connectivity index (χ3v) is 2.68. The molecule has 1 aromatic rings. The average molecular weight is 241 g/mol. The largest absolute Gasteiger partial charge is 0.349 e. The molecule has 1 aromatic heterocycles. The van der Waals surface area contributed by atoms with Gasteiger partial charge in [0.1, 0.15) is 5.69 Å². The van der Waals surface area contributed by atoms with Crippen LogP contribution < -0.4 is 5.32 Å². The number of aromatic nitrogens is 1. The predicted molar refractivity (Wildman–Crippen MR) is 65.9 cm³/mol. The van der Waals surface area contributed by atoms with Crippen LogP contribution >= 0.6 is 11.6 Å². The molecule has 88 valence electrons. The van der Waals surface area contributed by atoms with Crippen LogP contribution in [0, 0.1) is 6.92 Å². The predicted octanol–water partition coefficient (Wildman–Crippen LogP) is 2.53. The summed E-state index contributed by atoms with van der Waals surface area (Å²) < 4.78 is 0. The van der Waals surface area contributed by atoms with Gasteiger partial charge in [-0.3, -0.25) is 9.78 Å². The monoisotopic (exact) mass is 240 g/mol. The molecule has 3 nitrogen and oxygen atoms in total. The van der Waals surface area contributed by atoms with E-state index in [2.05, 4.69) is 17.2 Å². The van der Waals surface area contributed by atoms with Crippen molar-refractivity contribution >= 4 is 17.5 Å². The van der Waals surface area contributed by atoms with Gasteiger partial charge < -0.3 is 5.32 Å². The number of pyridine rings is 1. The van der Waals surface area contributed by atoms with Crippen molar-refractivity contribution in [3.05, 3.63) is 29.6 Å². The highest BCUT2D eigenvalue weighted by Crippen LogP contribution is 2.05. The molecule has 1 unspecified atom stereocenters. The minimum Gasteiger partial charge on any atom is -0.349 e. The molecule has 0 saturated heterocycles. The number of alkyl halides is 1. The van der Waals surface area contributed by atoms with Crippen LogP contribution in [0.15, 0.2) is 18.3 Å². The van der Waals surface area contributed by atoms with Crippen molar-refractivity contribution in [2.75, 3.05) is 6.54 Å². The maximum absolute atomic E-state index is 11.7. The van der Waals surface area contributed by atoms with Crippen LogP contribution in [0.3, 0.4) is 0 Å². The van der Waals surface area contributed by atoms with Crippen LogP contribution in [-0.4, -0.2) is 22.8 Å². The third-order valence-electron chi connectivity index (χ3n) is 2.31. The maximum atomic E-state index is 11.7. The van der Waals surface area contributed by atoms with E-state index in [4.69, 9.17) is 11.6 Å². The first-order valence-corrected chi connectivity index (χ1v) is 5.92. The summed E-state index contributed by atoms with van der Waals surface area (Å²) in [6, 6.07) is 3.68. The number of rotatable bonds is 5. The second kappa shape index (κ2) is 6.48. The van der Waals surface area contributed by atoms with Crippen LogP contribution in [0.4, 0.5) is 0 Å². The van der Waals surface area contributed by atoms with E-state index in [1.54, 1.807) is 6.20 Å². The van der Waals surface area contributed by atoms with Crippen molar-refractivity contribution in [2.45, 2.75) is 32.1 Å². The van der Waals surface area contributed by atoms with Crippen LogP contribution in [0.25, 0.3) is 0 Å². The summed E-state index contributed by atoms with van der Waals surface area (Å²) in [5.41, 5.74) is 1.35. The normalized spacial score (nSPS) is 12.2. The summed E-state index contributed by atoms with van der Waals surface area (Å²) in [5, 5.41) is 2.79. The van der Waals surface area contributed by atoms with Gasteiger partial charge in [0.2, 0.25) is 0 Å². The van der Waals surface area contributed by atoms with Crippen molar-refractivity contribution in [3.63, 3.8) is 0 Å². The lowest BCUT2D eigenvalue weighted by Crippen LogP contribution is -2.30. The van der Waals surface area contributed by atoms with Crippen molar-refractivity contribution in [1.82, 2.24) is 10.3 Å². The highest BCUT2D eigenvalue weighted by Gasteiger charge is 2.11. The van der Waals surface area contributed by atoms with Gasteiger partial charge in [-0.2, -0.15) is 0 Å². The number of carbonyl (C=O) groups is 1. The van der Waals surface area contributed by atoms with Gasteiger partial charge in [0, 0.05) is 12.7 Å². The first-order valence-electron chi connectivity index (χ1n) is 5.49. The molecular weight excluding hydrogens is 224 g/mol. The van der Waals surface area contributed by atoms with Gasteiger partial charge in [-0.1, -0.05) is 19.4 Å². The van der Waals surface area contributed by atoms with Gasteiger partial charge in [-0.25, -0.2) is 0 Å². The fraction of sp³-hybridized carbons (Fsp3) is 0.500. The fourth-order valence-corrected chi connectivity index (χ4v) is 1.72. The Morgan fingerprint density at radius 3 is 3.00 bits per heavy atom. The zero-order valence-corrected chi connectivity index (χ0v) is 10.4. The molecular formula is C12H17ClN2O. The summed E-state index contributed by atoms with van der Waals surface area (Å²) in [6.45, 7) is 4.43. The van der Waals surface area contributed by atoms with Crippen molar-refractivity contribution in [1.29, 1.82) is 0 Å². The third kappa shape index (κ3) is 3.81. The van der Waals surface area contributed by atoms with Gasteiger partial charge >= 0.3 is 0 Å². The quantitative estimate of drug-likeness (QED) is 0.804. The molecule has 1 atom stereocenters. The molecule has 0 aliphatic heterocycles. The highest BCUT2D eigenvalue weighted by atomic mass is 35.5. The number of nitrogens with one attached hydrogen (secondary N) is 1. The van der Waals surface area contributed by atoms with E-state index in [9.17, 15) is 4.79 Å². The molecule has 1 rings (SSSR count). The average Bonchev–Trinajstić information content (AvgIpc) is 2.27. The van der Waals surface area contributed by atoms with Crippen molar-refractivity contribution in [2.24, 2.45) is 0 Å². The number of hydrogen-bond donors (Lipinski definition) is 1. The topological polar surface area (TPSA) is 42.0 Å². The lowest BCUT2D eigenvalue weighted by molar-refractivity contribution is 0.0947. The minimum absolute atomic E-state index is 0.00188. The summed E-state index contributed by atoms with van der Waals surface area (Å²) in [6.07, 6.45) is 3.54. The fourth-order valence-electron chi connectivity index (χ4n) is 1.43. The summed E-state index contributed by atoms with van der Waals surface area (Å²) in [7, 11) is 0. The second-order valence-electron chi connectivity index (χ2n) is 3.76. The van der Waals surface area contributed by atoms with Crippen molar-refractivity contribution < 1.29 is 4.79 Å². The molecule has 0 saturated carbocycles. The molecule has 16 heavy (non-hydrogen) atoms. The smallest absolute Gasteiger partial charge is 0.270 e. The number of halogens is 1. The Hall–Kier alpha value is -1.09. The van der Waals surface area contributed by atoms with E-state index in [0.29, 0.717) is 12.2 Å². The minimum atomic E-state index is -0.153. The first kappa shape index (κ1) is 13.0. The Labute approximate surface area is 101 Å². The number of aryl methyl sites for hydroxylation is 1. The van der Waals surface area contributed by atoms with Crippen LogP contribution in [0.1, 0.15) is 35.8 Å². The summed E-state index contributed by atoms with van der Waals surface area (Å²) in [4.78, 5) is 15.8. The van der Waals surface area contributed by atoms with E-state index >= 15 is 0 Å². The summed E-state index contributed by atoms with van der Waals surface area (Å²) >= 11 is 6.02. The molecule has 0 fully saturated rings. The number of amides is 1. The van der Waals surface area contributed by atoms with Crippen LogP contribution in [-0.2, 0) is 0 Å². The van der Waals surface area contributed by atoms with E-state index in [0.717, 1.165) is 18.4 Å². The Balaban J connectivity index is 2.50.